The Morgan fingerprint density at radius 2 is 1.71 bits per heavy atom. The van der Waals surface area contributed by atoms with Gasteiger partial charge in [-0.15, -0.1) is 0 Å². The highest BCUT2D eigenvalue weighted by atomic mass is 16.6. The molecule has 3 aromatic rings. The van der Waals surface area contributed by atoms with Crippen molar-refractivity contribution >= 4 is 11.1 Å². The van der Waals surface area contributed by atoms with Crippen LogP contribution in [0, 0.1) is 5.92 Å². The number of nitrogens with zero attached hydrogens (tertiary/aromatic N) is 1. The lowest BCUT2D eigenvalue weighted by molar-refractivity contribution is 0.300. The smallest absolute Gasteiger partial charge is 0.400 e. The topological polar surface area (TPSA) is 56.5 Å². The predicted octanol–water partition coefficient (Wildman–Crippen LogP) is 5.56. The summed E-state index contributed by atoms with van der Waals surface area (Å²) in [6, 6.07) is 15.1. The molecule has 0 radical (unpaired) electrons. The van der Waals surface area contributed by atoms with E-state index in [4.69, 9.17) is 13.9 Å². The first kappa shape index (κ1) is 18.8. The first-order chi connectivity index (χ1) is 13.9. The minimum absolute atomic E-state index is 0.247. The van der Waals surface area contributed by atoms with E-state index in [1.807, 2.05) is 48.5 Å². The molecule has 2 aromatic carbocycles. The van der Waals surface area contributed by atoms with Crippen molar-refractivity contribution in [3.8, 4) is 17.6 Å². The van der Waals surface area contributed by atoms with Gasteiger partial charge in [-0.05, 0) is 55.3 Å². The number of oxazole rings is 1. The van der Waals surface area contributed by atoms with Gasteiger partial charge in [0.05, 0.1) is 0 Å². The zero-order valence-electron chi connectivity index (χ0n) is 16.2. The average molecular weight is 380 g/mol. The Bertz CT molecular complexity index is 821. The maximum absolute atomic E-state index is 5.79. The molecule has 0 aliphatic heterocycles. The van der Waals surface area contributed by atoms with E-state index in [-0.39, 0.29) is 6.08 Å². The van der Waals surface area contributed by atoms with Gasteiger partial charge in [0.25, 0.3) is 0 Å². The second kappa shape index (κ2) is 9.60. The highest BCUT2D eigenvalue weighted by Crippen LogP contribution is 2.27. The van der Waals surface area contributed by atoms with E-state index >= 15 is 0 Å². The van der Waals surface area contributed by atoms with Crippen LogP contribution < -0.4 is 14.8 Å². The van der Waals surface area contributed by atoms with E-state index in [2.05, 4.69) is 10.3 Å². The summed E-state index contributed by atoms with van der Waals surface area (Å²) in [5, 5.41) is 3.49. The average Bonchev–Trinajstić information content (AvgIpc) is 3.15. The fraction of sp³-hybridized carbons (Fsp3) is 0.435. The summed E-state index contributed by atoms with van der Waals surface area (Å²) in [7, 11) is 0. The van der Waals surface area contributed by atoms with E-state index in [9.17, 15) is 0 Å². The molecule has 1 aromatic heterocycles. The third-order valence-corrected chi connectivity index (χ3v) is 5.30. The van der Waals surface area contributed by atoms with Gasteiger partial charge in [0.15, 0.2) is 5.58 Å². The summed E-state index contributed by atoms with van der Waals surface area (Å²) in [5.74, 6) is 2.43. The van der Waals surface area contributed by atoms with Crippen molar-refractivity contribution in [1.29, 1.82) is 0 Å². The lowest BCUT2D eigenvalue weighted by atomic mass is 9.87. The zero-order chi connectivity index (χ0) is 19.0. The SMILES string of the molecule is c1ccc2oc(Oc3ccc(OCCNCCC4CCCCC4)cc3)nc2c1. The second-order valence-electron chi connectivity index (χ2n) is 7.41. The van der Waals surface area contributed by atoms with Crippen LogP contribution >= 0.6 is 0 Å². The molecule has 1 saturated carbocycles. The van der Waals surface area contributed by atoms with Crippen LogP contribution in [0.4, 0.5) is 0 Å². The molecular formula is C23H28N2O3. The second-order valence-corrected chi connectivity index (χ2v) is 7.41. The summed E-state index contributed by atoms with van der Waals surface area (Å²) in [5.41, 5.74) is 1.50. The van der Waals surface area contributed by atoms with Crippen LogP contribution in [0.5, 0.6) is 17.6 Å². The van der Waals surface area contributed by atoms with Gasteiger partial charge in [0.1, 0.15) is 23.6 Å². The van der Waals surface area contributed by atoms with Gasteiger partial charge in [-0.1, -0.05) is 44.2 Å². The number of rotatable bonds is 9. The lowest BCUT2D eigenvalue weighted by Crippen LogP contribution is -2.24. The van der Waals surface area contributed by atoms with Crippen LogP contribution in [-0.2, 0) is 0 Å². The molecule has 5 nitrogen and oxygen atoms in total. The fourth-order valence-corrected chi connectivity index (χ4v) is 3.75. The summed E-state index contributed by atoms with van der Waals surface area (Å²) in [6.07, 6.45) is 8.63. The normalized spacial score (nSPS) is 15.0. The Labute approximate surface area is 166 Å². The van der Waals surface area contributed by atoms with Crippen LogP contribution in [0.25, 0.3) is 11.1 Å². The molecule has 0 amide bonds. The number of hydrogen-bond donors (Lipinski definition) is 1. The van der Waals surface area contributed by atoms with E-state index < -0.39 is 0 Å². The van der Waals surface area contributed by atoms with Gasteiger partial charge < -0.3 is 19.2 Å². The molecule has 4 rings (SSSR count). The van der Waals surface area contributed by atoms with E-state index in [0.29, 0.717) is 17.9 Å². The Hall–Kier alpha value is -2.53. The van der Waals surface area contributed by atoms with E-state index in [1.54, 1.807) is 0 Å². The van der Waals surface area contributed by atoms with Crippen molar-refractivity contribution in [1.82, 2.24) is 10.3 Å². The number of aromatic nitrogens is 1. The van der Waals surface area contributed by atoms with Crippen molar-refractivity contribution in [3.05, 3.63) is 48.5 Å². The quantitative estimate of drug-likeness (QED) is 0.493. The number of benzene rings is 2. The molecule has 1 fully saturated rings. The Balaban J connectivity index is 1.16. The summed E-state index contributed by atoms with van der Waals surface area (Å²) in [4.78, 5) is 4.31. The predicted molar refractivity (Wildman–Crippen MR) is 110 cm³/mol. The van der Waals surface area contributed by atoms with Crippen molar-refractivity contribution in [2.45, 2.75) is 38.5 Å². The third kappa shape index (κ3) is 5.26. The van der Waals surface area contributed by atoms with Crippen LogP contribution in [0.15, 0.2) is 52.9 Å². The Morgan fingerprint density at radius 1 is 0.929 bits per heavy atom. The van der Waals surface area contributed by atoms with Crippen molar-refractivity contribution in [3.63, 3.8) is 0 Å². The van der Waals surface area contributed by atoms with Crippen LogP contribution in [0.2, 0.25) is 0 Å². The molecule has 1 heterocycles. The zero-order valence-corrected chi connectivity index (χ0v) is 16.2. The molecule has 0 bridgehead atoms. The first-order valence-corrected chi connectivity index (χ1v) is 10.3. The molecule has 0 atom stereocenters. The van der Waals surface area contributed by atoms with E-state index in [0.717, 1.165) is 30.3 Å². The molecule has 28 heavy (non-hydrogen) atoms. The van der Waals surface area contributed by atoms with Gasteiger partial charge in [-0.25, -0.2) is 0 Å². The number of fused-ring (bicyclic) bond motifs is 1. The maximum Gasteiger partial charge on any atom is 0.400 e. The molecule has 0 unspecified atom stereocenters. The van der Waals surface area contributed by atoms with Gasteiger partial charge in [-0.3, -0.25) is 0 Å². The molecule has 148 valence electrons. The first-order valence-electron chi connectivity index (χ1n) is 10.3. The van der Waals surface area contributed by atoms with Crippen LogP contribution in [-0.4, -0.2) is 24.7 Å². The van der Waals surface area contributed by atoms with Crippen molar-refractivity contribution in [2.75, 3.05) is 19.7 Å². The highest BCUT2D eigenvalue weighted by molar-refractivity contribution is 5.72. The third-order valence-electron chi connectivity index (χ3n) is 5.30. The Morgan fingerprint density at radius 3 is 2.54 bits per heavy atom. The largest absolute Gasteiger partial charge is 0.492 e. The van der Waals surface area contributed by atoms with Crippen molar-refractivity contribution in [2.24, 2.45) is 5.92 Å². The molecule has 1 N–H and O–H groups in total. The molecule has 5 heteroatoms. The van der Waals surface area contributed by atoms with Gasteiger partial charge in [-0.2, -0.15) is 4.98 Å². The van der Waals surface area contributed by atoms with Gasteiger partial charge >= 0.3 is 6.08 Å². The van der Waals surface area contributed by atoms with Crippen LogP contribution in [0.3, 0.4) is 0 Å². The van der Waals surface area contributed by atoms with Crippen molar-refractivity contribution < 1.29 is 13.9 Å². The maximum atomic E-state index is 5.79. The number of para-hydroxylation sites is 2. The standard InChI is InChI=1S/C23H28N2O3/c1-2-6-18(7-3-1)14-15-24-16-17-26-19-10-12-20(13-11-19)27-23-25-21-8-4-5-9-22(21)28-23/h4-5,8-13,18,24H,1-3,6-7,14-17H2. The van der Waals surface area contributed by atoms with Gasteiger partial charge in [0, 0.05) is 6.54 Å². The Kier molecular flexibility index (Phi) is 6.45. The minimum atomic E-state index is 0.247. The molecule has 1 aliphatic carbocycles. The molecular weight excluding hydrogens is 352 g/mol. The number of nitrogens with one attached hydrogen (secondary N) is 1. The fourth-order valence-electron chi connectivity index (χ4n) is 3.75. The van der Waals surface area contributed by atoms with E-state index in [1.165, 1.54) is 38.5 Å². The highest BCUT2D eigenvalue weighted by Gasteiger charge is 2.12. The summed E-state index contributed by atoms with van der Waals surface area (Å²) >= 11 is 0. The molecule has 1 aliphatic rings. The molecule has 0 spiro atoms. The summed E-state index contributed by atoms with van der Waals surface area (Å²) < 4.78 is 17.1. The molecule has 0 saturated heterocycles. The lowest BCUT2D eigenvalue weighted by Gasteiger charge is -2.21. The van der Waals surface area contributed by atoms with Crippen LogP contribution in [0.1, 0.15) is 38.5 Å². The monoisotopic (exact) mass is 380 g/mol. The minimum Gasteiger partial charge on any atom is -0.492 e. The summed E-state index contributed by atoms with van der Waals surface area (Å²) in [6.45, 7) is 2.62. The number of ether oxygens (including phenoxy) is 2. The van der Waals surface area contributed by atoms with Gasteiger partial charge in [0.2, 0.25) is 0 Å². The number of hydrogen-bond acceptors (Lipinski definition) is 5.